The van der Waals surface area contributed by atoms with Crippen LogP contribution in [0.15, 0.2) is 83.8 Å². The van der Waals surface area contributed by atoms with Crippen molar-refractivity contribution >= 4 is 67.3 Å². The number of ketones is 1. The minimum absolute atomic E-state index is 0.0770. The second kappa shape index (κ2) is 13.4. The standard InChI is InChI=1S/C32H28Cl2N2O7S/c33-23-17-24(34)19-25(18-23)44(41,42)36(20-31(38)39)29-9-3-6-26-27(29)7-2-8-28(26)30(37)11-10-21-4-1-5-22(16-21)32(40)35-12-14-43-15-13-35/h1-9,16-19H,10-15,20H2,(H,38,39). The minimum atomic E-state index is -4.42. The Bertz CT molecular complexity index is 1840. The summed E-state index contributed by atoms with van der Waals surface area (Å²) in [5.41, 5.74) is 1.83. The van der Waals surface area contributed by atoms with E-state index in [-0.39, 0.29) is 38.7 Å². The van der Waals surface area contributed by atoms with Gasteiger partial charge in [0.15, 0.2) is 5.78 Å². The highest BCUT2D eigenvalue weighted by Crippen LogP contribution is 2.34. The smallest absolute Gasteiger partial charge is 0.324 e. The number of carbonyl (C=O) groups excluding carboxylic acids is 2. The van der Waals surface area contributed by atoms with Crippen LogP contribution in [0.2, 0.25) is 10.0 Å². The average Bonchev–Trinajstić information content (AvgIpc) is 3.01. The van der Waals surface area contributed by atoms with Gasteiger partial charge >= 0.3 is 5.97 Å². The van der Waals surface area contributed by atoms with E-state index in [1.165, 1.54) is 24.3 Å². The molecular formula is C32H28Cl2N2O7S. The summed E-state index contributed by atoms with van der Waals surface area (Å²) in [5.74, 6) is -1.64. The van der Waals surface area contributed by atoms with Crippen molar-refractivity contribution in [2.45, 2.75) is 17.7 Å². The lowest BCUT2D eigenvalue weighted by atomic mass is 9.96. The zero-order valence-corrected chi connectivity index (χ0v) is 25.7. The molecule has 0 radical (unpaired) electrons. The van der Waals surface area contributed by atoms with Gasteiger partial charge in [-0.2, -0.15) is 0 Å². The fourth-order valence-corrected chi connectivity index (χ4v) is 7.34. The molecule has 0 spiro atoms. The number of benzene rings is 4. The highest BCUT2D eigenvalue weighted by atomic mass is 35.5. The number of aryl methyl sites for hydroxylation is 1. The molecule has 0 unspecified atom stereocenters. The maximum absolute atomic E-state index is 13.7. The fraction of sp³-hybridized carbons (Fsp3) is 0.219. The van der Waals surface area contributed by atoms with Crippen molar-refractivity contribution in [2.24, 2.45) is 0 Å². The van der Waals surface area contributed by atoms with E-state index in [1.807, 2.05) is 6.07 Å². The molecular weight excluding hydrogens is 627 g/mol. The molecule has 44 heavy (non-hydrogen) atoms. The summed E-state index contributed by atoms with van der Waals surface area (Å²) in [6.45, 7) is 1.19. The second-order valence-electron chi connectivity index (χ2n) is 10.2. The second-order valence-corrected chi connectivity index (χ2v) is 13.0. The van der Waals surface area contributed by atoms with Crippen molar-refractivity contribution in [2.75, 3.05) is 37.2 Å². The van der Waals surface area contributed by atoms with Crippen molar-refractivity contribution in [3.63, 3.8) is 0 Å². The van der Waals surface area contributed by atoms with Crippen molar-refractivity contribution in [3.8, 4) is 0 Å². The number of amides is 1. The van der Waals surface area contributed by atoms with Gasteiger partial charge in [-0.15, -0.1) is 0 Å². The monoisotopic (exact) mass is 654 g/mol. The van der Waals surface area contributed by atoms with Crippen LogP contribution in [0.25, 0.3) is 10.8 Å². The Hall–Kier alpha value is -3.96. The van der Waals surface area contributed by atoms with Gasteiger partial charge in [0.2, 0.25) is 0 Å². The summed E-state index contributed by atoms with van der Waals surface area (Å²) >= 11 is 12.1. The molecule has 5 rings (SSSR count). The van der Waals surface area contributed by atoms with Crippen LogP contribution in [-0.4, -0.2) is 68.9 Å². The maximum Gasteiger partial charge on any atom is 0.324 e. The van der Waals surface area contributed by atoms with Crippen LogP contribution in [0.1, 0.15) is 32.7 Å². The molecule has 0 saturated carbocycles. The lowest BCUT2D eigenvalue weighted by Gasteiger charge is -2.27. The molecule has 0 aliphatic carbocycles. The van der Waals surface area contributed by atoms with E-state index in [1.54, 1.807) is 53.4 Å². The maximum atomic E-state index is 13.7. The molecule has 228 valence electrons. The van der Waals surface area contributed by atoms with Crippen LogP contribution >= 0.6 is 23.2 Å². The first-order valence-corrected chi connectivity index (χ1v) is 16.0. The molecule has 1 N–H and O–H groups in total. The van der Waals surface area contributed by atoms with E-state index in [0.29, 0.717) is 54.6 Å². The van der Waals surface area contributed by atoms with Crippen molar-refractivity contribution in [3.05, 3.63) is 106 Å². The van der Waals surface area contributed by atoms with Gasteiger partial charge in [-0.05, 0) is 53.8 Å². The number of hydrogen-bond acceptors (Lipinski definition) is 6. The lowest BCUT2D eigenvalue weighted by molar-refractivity contribution is -0.135. The van der Waals surface area contributed by atoms with Crippen LogP contribution in [0.3, 0.4) is 0 Å². The Morgan fingerprint density at radius 1 is 0.864 bits per heavy atom. The molecule has 0 atom stereocenters. The average molecular weight is 656 g/mol. The van der Waals surface area contributed by atoms with Gasteiger partial charge in [0.25, 0.3) is 15.9 Å². The van der Waals surface area contributed by atoms with E-state index in [9.17, 15) is 27.9 Å². The molecule has 1 heterocycles. The number of carboxylic acid groups (broad SMARTS) is 1. The number of Topliss-reactive ketones (excluding diaryl/α,β-unsaturated/α-hetero) is 1. The van der Waals surface area contributed by atoms with E-state index >= 15 is 0 Å². The van der Waals surface area contributed by atoms with E-state index in [4.69, 9.17) is 27.9 Å². The topological polar surface area (TPSA) is 121 Å². The number of hydrogen-bond donors (Lipinski definition) is 1. The van der Waals surface area contributed by atoms with Crippen LogP contribution in [0.5, 0.6) is 0 Å². The number of rotatable bonds is 10. The lowest BCUT2D eigenvalue weighted by Crippen LogP contribution is -2.40. The third kappa shape index (κ3) is 6.89. The number of nitrogens with zero attached hydrogens (tertiary/aromatic N) is 2. The Balaban J connectivity index is 1.43. The summed E-state index contributed by atoms with van der Waals surface area (Å²) < 4.78 is 33.5. The molecule has 1 aliphatic heterocycles. The van der Waals surface area contributed by atoms with Crippen molar-refractivity contribution in [1.82, 2.24) is 4.90 Å². The first kappa shape index (κ1) is 31.5. The number of morpholine rings is 1. The molecule has 1 saturated heterocycles. The number of ether oxygens (including phenoxy) is 1. The number of carboxylic acids is 1. The molecule has 0 aromatic heterocycles. The molecule has 4 aromatic rings. The minimum Gasteiger partial charge on any atom is -0.480 e. The largest absolute Gasteiger partial charge is 0.480 e. The first-order valence-electron chi connectivity index (χ1n) is 13.8. The van der Waals surface area contributed by atoms with Crippen LogP contribution in [0, 0.1) is 0 Å². The van der Waals surface area contributed by atoms with Gasteiger partial charge in [-0.25, -0.2) is 8.42 Å². The van der Waals surface area contributed by atoms with E-state index in [0.717, 1.165) is 9.87 Å². The first-order chi connectivity index (χ1) is 21.0. The van der Waals surface area contributed by atoms with Gasteiger partial charge in [0.1, 0.15) is 6.54 Å². The summed E-state index contributed by atoms with van der Waals surface area (Å²) in [6.07, 6.45) is 0.519. The van der Waals surface area contributed by atoms with Gasteiger partial charge in [-0.1, -0.05) is 65.7 Å². The highest BCUT2D eigenvalue weighted by Gasteiger charge is 2.29. The number of carbonyl (C=O) groups is 3. The van der Waals surface area contributed by atoms with Gasteiger partial charge < -0.3 is 14.7 Å². The Kier molecular flexibility index (Phi) is 9.55. The summed E-state index contributed by atoms with van der Waals surface area (Å²) in [4.78, 5) is 39.7. The molecule has 1 aliphatic rings. The van der Waals surface area contributed by atoms with Crippen molar-refractivity contribution in [1.29, 1.82) is 0 Å². The van der Waals surface area contributed by atoms with Crippen LogP contribution in [-0.2, 0) is 26.0 Å². The zero-order chi connectivity index (χ0) is 31.4. The molecule has 1 amide bonds. The van der Waals surface area contributed by atoms with Gasteiger partial charge in [-0.3, -0.25) is 18.7 Å². The Morgan fingerprint density at radius 3 is 2.23 bits per heavy atom. The fourth-order valence-electron chi connectivity index (χ4n) is 5.18. The van der Waals surface area contributed by atoms with Crippen LogP contribution < -0.4 is 4.31 Å². The quantitative estimate of drug-likeness (QED) is 0.217. The molecule has 1 fully saturated rings. The van der Waals surface area contributed by atoms with Crippen LogP contribution in [0.4, 0.5) is 5.69 Å². The summed E-state index contributed by atoms with van der Waals surface area (Å²) in [5, 5.41) is 10.7. The Labute approximate surface area is 264 Å². The van der Waals surface area contributed by atoms with E-state index < -0.39 is 22.5 Å². The third-order valence-electron chi connectivity index (χ3n) is 7.28. The highest BCUT2D eigenvalue weighted by molar-refractivity contribution is 7.93. The van der Waals surface area contributed by atoms with Gasteiger partial charge in [0, 0.05) is 46.1 Å². The number of aliphatic carboxylic acids is 1. The third-order valence-corrected chi connectivity index (χ3v) is 9.46. The normalized spacial score (nSPS) is 13.5. The predicted octanol–water partition coefficient (Wildman–Crippen LogP) is 5.71. The van der Waals surface area contributed by atoms with Gasteiger partial charge in [0.05, 0.1) is 23.8 Å². The molecule has 4 aromatic carbocycles. The summed E-state index contributed by atoms with van der Waals surface area (Å²) in [6, 6.07) is 20.6. The van der Waals surface area contributed by atoms with Crippen molar-refractivity contribution < 1.29 is 32.6 Å². The number of sulfonamides is 1. The SMILES string of the molecule is O=C(O)CN(c1cccc2c(C(=O)CCc3cccc(C(=O)N4CCOCC4)c3)cccc12)S(=O)(=O)c1cc(Cl)cc(Cl)c1. The molecule has 0 bridgehead atoms. The molecule has 9 nitrogen and oxygen atoms in total. The number of anilines is 1. The molecule has 12 heteroatoms. The zero-order valence-electron chi connectivity index (χ0n) is 23.4. The number of fused-ring (bicyclic) bond motifs is 1. The predicted molar refractivity (Wildman–Crippen MR) is 168 cm³/mol. The van der Waals surface area contributed by atoms with E-state index in [2.05, 4.69) is 0 Å². The summed E-state index contributed by atoms with van der Waals surface area (Å²) in [7, 11) is -4.42. The number of halogens is 2. The Morgan fingerprint density at radius 2 is 1.52 bits per heavy atom.